The van der Waals surface area contributed by atoms with E-state index in [1.807, 2.05) is 13.8 Å². The quantitative estimate of drug-likeness (QED) is 0.555. The van der Waals surface area contributed by atoms with Crippen molar-refractivity contribution in [1.82, 2.24) is 10.2 Å². The lowest BCUT2D eigenvalue weighted by molar-refractivity contribution is -0.385. The van der Waals surface area contributed by atoms with E-state index in [4.69, 9.17) is 10.5 Å². The maximum absolute atomic E-state index is 11.3. The third-order valence-electron chi connectivity index (χ3n) is 2.76. The number of benzene rings is 1. The fraction of sp³-hybridized carbons (Fsp3) is 0.308. The molecule has 0 unspecified atom stereocenters. The number of nitrogen functional groups attached to an aromatic ring is 1. The number of hydrogen-bond acceptors (Lipinski definition) is 6. The summed E-state index contributed by atoms with van der Waals surface area (Å²) < 4.78 is 5.48. The summed E-state index contributed by atoms with van der Waals surface area (Å²) in [5.41, 5.74) is 6.70. The number of hydrogen-bond donors (Lipinski definition) is 3. The van der Waals surface area contributed by atoms with E-state index in [2.05, 4.69) is 15.5 Å². The molecule has 0 aliphatic heterocycles. The summed E-state index contributed by atoms with van der Waals surface area (Å²) in [6.07, 6.45) is 1.42. The number of nitrogens with one attached hydrogen (secondary N) is 2. The highest BCUT2D eigenvalue weighted by Crippen LogP contribution is 2.35. The van der Waals surface area contributed by atoms with Gasteiger partial charge in [-0.3, -0.25) is 15.2 Å². The number of anilines is 2. The van der Waals surface area contributed by atoms with Crippen LogP contribution in [0.25, 0.3) is 0 Å². The first-order chi connectivity index (χ1) is 9.99. The lowest BCUT2D eigenvalue weighted by atomic mass is 10.2. The first kappa shape index (κ1) is 14.6. The maximum atomic E-state index is 11.3. The van der Waals surface area contributed by atoms with E-state index < -0.39 is 4.92 Å². The molecule has 0 radical (unpaired) electrons. The summed E-state index contributed by atoms with van der Waals surface area (Å²) in [4.78, 5) is 10.8. The first-order valence-corrected chi connectivity index (χ1v) is 6.44. The van der Waals surface area contributed by atoms with Gasteiger partial charge in [0.25, 0.3) is 0 Å². The average molecular weight is 291 g/mol. The van der Waals surface area contributed by atoms with E-state index in [0.29, 0.717) is 18.1 Å². The fourth-order valence-corrected chi connectivity index (χ4v) is 1.85. The van der Waals surface area contributed by atoms with E-state index >= 15 is 0 Å². The molecule has 0 aliphatic rings. The molecule has 0 saturated heterocycles. The van der Waals surface area contributed by atoms with E-state index in [1.165, 1.54) is 0 Å². The molecule has 1 aromatic heterocycles. The predicted molar refractivity (Wildman–Crippen MR) is 79.2 cm³/mol. The predicted octanol–water partition coefficient (Wildman–Crippen LogP) is 2.30. The summed E-state index contributed by atoms with van der Waals surface area (Å²) in [6, 6.07) is 4.91. The topological polar surface area (TPSA) is 119 Å². The van der Waals surface area contributed by atoms with E-state index in [-0.39, 0.29) is 17.5 Å². The Morgan fingerprint density at radius 2 is 2.29 bits per heavy atom. The molecule has 112 valence electrons. The van der Waals surface area contributed by atoms with Crippen LogP contribution >= 0.6 is 0 Å². The largest absolute Gasteiger partial charge is 0.484 e. The number of nitrogens with two attached hydrogens (primary N) is 1. The summed E-state index contributed by atoms with van der Waals surface area (Å²) in [5.74, 6) is 0.667. The Kier molecular flexibility index (Phi) is 4.27. The molecule has 0 bridgehead atoms. The van der Waals surface area contributed by atoms with Crippen molar-refractivity contribution in [3.8, 4) is 5.75 Å². The second-order valence-electron chi connectivity index (χ2n) is 4.74. The minimum atomic E-state index is -0.460. The van der Waals surface area contributed by atoms with Crippen molar-refractivity contribution in [3.63, 3.8) is 0 Å². The van der Waals surface area contributed by atoms with Crippen LogP contribution in [0.1, 0.15) is 19.4 Å². The minimum Gasteiger partial charge on any atom is -0.484 e. The van der Waals surface area contributed by atoms with Gasteiger partial charge in [-0.1, -0.05) is 6.07 Å². The standard InChI is InChI=1S/C13H17N5O3/c1-8(2)21-11-5-3-4-10(12(11)18(19)20)15-6-9-7-16-17-13(9)14/h3-5,7-8,15H,6H2,1-2H3,(H3,14,16,17). The fourth-order valence-electron chi connectivity index (χ4n) is 1.85. The molecule has 0 atom stereocenters. The van der Waals surface area contributed by atoms with E-state index in [9.17, 15) is 10.1 Å². The van der Waals surface area contributed by atoms with Gasteiger partial charge in [0.05, 0.1) is 17.2 Å². The van der Waals surface area contributed by atoms with Gasteiger partial charge in [0, 0.05) is 12.1 Å². The van der Waals surface area contributed by atoms with Crippen molar-refractivity contribution in [1.29, 1.82) is 0 Å². The number of rotatable bonds is 6. The number of nitro benzene ring substituents is 1. The van der Waals surface area contributed by atoms with Crippen molar-refractivity contribution < 1.29 is 9.66 Å². The number of H-pyrrole nitrogens is 1. The lowest BCUT2D eigenvalue weighted by Crippen LogP contribution is -2.09. The van der Waals surface area contributed by atoms with Gasteiger partial charge in [0.15, 0.2) is 5.75 Å². The molecule has 0 saturated carbocycles. The van der Waals surface area contributed by atoms with Crippen LogP contribution in [0.2, 0.25) is 0 Å². The second-order valence-corrected chi connectivity index (χ2v) is 4.74. The van der Waals surface area contributed by atoms with Gasteiger partial charge in [-0.2, -0.15) is 5.10 Å². The van der Waals surface area contributed by atoms with Crippen LogP contribution in [0.15, 0.2) is 24.4 Å². The number of aromatic amines is 1. The van der Waals surface area contributed by atoms with Gasteiger partial charge >= 0.3 is 5.69 Å². The van der Waals surface area contributed by atoms with Gasteiger partial charge in [-0.15, -0.1) is 0 Å². The molecule has 8 nitrogen and oxygen atoms in total. The Morgan fingerprint density at radius 1 is 1.52 bits per heavy atom. The van der Waals surface area contributed by atoms with Crippen molar-refractivity contribution >= 4 is 17.2 Å². The Balaban J connectivity index is 2.26. The van der Waals surface area contributed by atoms with E-state index in [1.54, 1.807) is 24.4 Å². The van der Waals surface area contributed by atoms with Crippen molar-refractivity contribution in [2.24, 2.45) is 0 Å². The number of ether oxygens (including phenoxy) is 1. The molecule has 0 fully saturated rings. The highest BCUT2D eigenvalue weighted by Gasteiger charge is 2.21. The molecule has 2 rings (SSSR count). The molecule has 4 N–H and O–H groups in total. The third-order valence-corrected chi connectivity index (χ3v) is 2.76. The third kappa shape index (κ3) is 3.41. The van der Waals surface area contributed by atoms with Crippen LogP contribution in [-0.2, 0) is 6.54 Å². The zero-order chi connectivity index (χ0) is 15.4. The molecule has 8 heteroatoms. The summed E-state index contributed by atoms with van der Waals surface area (Å²) in [6.45, 7) is 3.96. The zero-order valence-electron chi connectivity index (χ0n) is 11.8. The molecule has 1 heterocycles. The van der Waals surface area contributed by atoms with Gasteiger partial charge in [0.1, 0.15) is 11.5 Å². The Morgan fingerprint density at radius 3 is 2.86 bits per heavy atom. The summed E-state index contributed by atoms with van der Waals surface area (Å²) in [5, 5.41) is 20.7. The van der Waals surface area contributed by atoms with Gasteiger partial charge in [0.2, 0.25) is 0 Å². The van der Waals surface area contributed by atoms with Crippen LogP contribution in [0.3, 0.4) is 0 Å². The molecule has 0 spiro atoms. The number of aromatic nitrogens is 2. The molecular weight excluding hydrogens is 274 g/mol. The molecule has 21 heavy (non-hydrogen) atoms. The zero-order valence-corrected chi connectivity index (χ0v) is 11.8. The molecule has 1 aromatic carbocycles. The number of nitrogens with zero attached hydrogens (tertiary/aromatic N) is 2. The molecule has 2 aromatic rings. The Labute approximate surface area is 121 Å². The van der Waals surface area contributed by atoms with Gasteiger partial charge in [-0.25, -0.2) is 0 Å². The maximum Gasteiger partial charge on any atom is 0.333 e. The van der Waals surface area contributed by atoms with Crippen LogP contribution in [-0.4, -0.2) is 21.2 Å². The van der Waals surface area contributed by atoms with Crippen LogP contribution in [0, 0.1) is 10.1 Å². The Bertz CT molecular complexity index is 638. The van der Waals surface area contributed by atoms with E-state index in [0.717, 1.165) is 5.56 Å². The van der Waals surface area contributed by atoms with Crippen LogP contribution in [0.5, 0.6) is 5.75 Å². The van der Waals surface area contributed by atoms with Gasteiger partial charge in [-0.05, 0) is 26.0 Å². The molecule has 0 aliphatic carbocycles. The van der Waals surface area contributed by atoms with Crippen molar-refractivity contribution in [2.45, 2.75) is 26.5 Å². The van der Waals surface area contributed by atoms with Crippen LogP contribution in [0.4, 0.5) is 17.2 Å². The second kappa shape index (κ2) is 6.12. The average Bonchev–Trinajstić information content (AvgIpc) is 2.81. The van der Waals surface area contributed by atoms with Crippen molar-refractivity contribution in [3.05, 3.63) is 40.1 Å². The van der Waals surface area contributed by atoms with Gasteiger partial charge < -0.3 is 15.8 Å². The SMILES string of the molecule is CC(C)Oc1cccc(NCc2cn[nH]c2N)c1[N+](=O)[O-]. The Hall–Kier alpha value is -2.77. The number of para-hydroxylation sites is 1. The van der Waals surface area contributed by atoms with Crippen LogP contribution < -0.4 is 15.8 Å². The first-order valence-electron chi connectivity index (χ1n) is 6.44. The normalized spacial score (nSPS) is 10.6. The smallest absolute Gasteiger partial charge is 0.333 e. The molecular formula is C13H17N5O3. The highest BCUT2D eigenvalue weighted by molar-refractivity contribution is 5.68. The van der Waals surface area contributed by atoms with Crippen molar-refractivity contribution in [2.75, 3.05) is 11.1 Å². The number of nitro groups is 1. The minimum absolute atomic E-state index is 0.0896. The summed E-state index contributed by atoms with van der Waals surface area (Å²) in [7, 11) is 0. The lowest BCUT2D eigenvalue weighted by Gasteiger charge is -2.13. The highest BCUT2D eigenvalue weighted by atomic mass is 16.6. The molecule has 0 amide bonds. The summed E-state index contributed by atoms with van der Waals surface area (Å²) >= 11 is 0. The monoisotopic (exact) mass is 291 g/mol.